The molecule has 9 aromatic rings. The third-order valence-corrected chi connectivity index (χ3v) is 9.80. The van der Waals surface area contributed by atoms with Crippen LogP contribution >= 0.6 is 0 Å². The second-order valence-electron chi connectivity index (χ2n) is 12.8. The molecule has 0 aliphatic heterocycles. The molecular formula is C48H33N. The van der Waals surface area contributed by atoms with Crippen molar-refractivity contribution in [3.8, 4) is 55.8 Å². The minimum atomic E-state index is 0.979. The fourth-order valence-electron chi connectivity index (χ4n) is 7.44. The summed E-state index contributed by atoms with van der Waals surface area (Å²) >= 11 is 0. The van der Waals surface area contributed by atoms with Crippen LogP contribution in [0.15, 0.2) is 182 Å². The van der Waals surface area contributed by atoms with Crippen molar-refractivity contribution in [1.29, 1.82) is 0 Å². The summed E-state index contributed by atoms with van der Waals surface area (Å²) in [5.41, 5.74) is 13.1. The number of hydrogen-bond donors (Lipinski definition) is 0. The van der Waals surface area contributed by atoms with Crippen molar-refractivity contribution in [2.24, 2.45) is 0 Å². The van der Waals surface area contributed by atoms with Crippen molar-refractivity contribution in [3.63, 3.8) is 0 Å². The Kier molecular flexibility index (Phi) is 7.10. The molecule has 0 aliphatic rings. The van der Waals surface area contributed by atoms with Gasteiger partial charge in [-0.15, -0.1) is 0 Å². The van der Waals surface area contributed by atoms with Crippen molar-refractivity contribution in [1.82, 2.24) is 4.98 Å². The Morgan fingerprint density at radius 1 is 0.327 bits per heavy atom. The molecule has 0 amide bonds. The highest BCUT2D eigenvalue weighted by Crippen LogP contribution is 2.46. The fraction of sp³-hybridized carbons (Fsp3) is 0.0208. The molecule has 0 aliphatic carbocycles. The average molecular weight is 624 g/mol. The number of fused-ring (bicyclic) bond motifs is 3. The average Bonchev–Trinajstić information content (AvgIpc) is 3.17. The van der Waals surface area contributed by atoms with Gasteiger partial charge in [-0.1, -0.05) is 169 Å². The van der Waals surface area contributed by atoms with Crippen LogP contribution in [0.2, 0.25) is 0 Å². The summed E-state index contributed by atoms with van der Waals surface area (Å²) in [5, 5.41) is 7.53. The lowest BCUT2D eigenvalue weighted by atomic mass is 9.84. The summed E-state index contributed by atoms with van der Waals surface area (Å²) in [6, 6.07) is 63.7. The number of nitrogens with zero attached hydrogens (tertiary/aromatic N) is 1. The third kappa shape index (κ3) is 5.08. The Balaban J connectivity index is 1.24. The molecule has 49 heavy (non-hydrogen) atoms. The van der Waals surface area contributed by atoms with Gasteiger partial charge in [-0.3, -0.25) is 4.98 Å². The van der Waals surface area contributed by atoms with Crippen LogP contribution in [0, 0.1) is 6.92 Å². The highest BCUT2D eigenvalue weighted by Gasteiger charge is 2.19. The van der Waals surface area contributed by atoms with Gasteiger partial charge in [0.1, 0.15) is 0 Å². The summed E-state index contributed by atoms with van der Waals surface area (Å²) in [7, 11) is 0. The molecule has 0 N–H and O–H groups in total. The van der Waals surface area contributed by atoms with Gasteiger partial charge in [0.05, 0.1) is 5.69 Å². The van der Waals surface area contributed by atoms with Crippen molar-refractivity contribution in [2.45, 2.75) is 6.92 Å². The van der Waals surface area contributed by atoms with E-state index in [9.17, 15) is 0 Å². The van der Waals surface area contributed by atoms with Gasteiger partial charge in [0, 0.05) is 17.3 Å². The number of rotatable bonds is 5. The monoisotopic (exact) mass is 623 g/mol. The zero-order valence-corrected chi connectivity index (χ0v) is 27.3. The summed E-state index contributed by atoms with van der Waals surface area (Å²) in [4.78, 5) is 4.83. The van der Waals surface area contributed by atoms with Gasteiger partial charge in [-0.2, -0.15) is 0 Å². The Labute approximate surface area is 286 Å². The molecule has 1 aromatic heterocycles. The van der Waals surface area contributed by atoms with E-state index in [0.717, 1.165) is 22.4 Å². The van der Waals surface area contributed by atoms with E-state index in [1.165, 1.54) is 71.3 Å². The number of benzene rings is 8. The zero-order chi connectivity index (χ0) is 32.7. The summed E-state index contributed by atoms with van der Waals surface area (Å²) in [6.07, 6.45) is 1.99. The summed E-state index contributed by atoms with van der Waals surface area (Å²) in [5.74, 6) is 0. The minimum Gasteiger partial charge on any atom is -0.256 e. The number of pyridine rings is 1. The van der Waals surface area contributed by atoms with Crippen molar-refractivity contribution >= 4 is 32.3 Å². The molecule has 1 heteroatoms. The molecule has 0 spiro atoms. The molecule has 1 heterocycles. The summed E-state index contributed by atoms with van der Waals surface area (Å²) in [6.45, 7) is 2.14. The SMILES string of the molecule is Cc1ccc(-c2cccc3c(-c4c5ccccc5c(-c5cccc(-c6ccc(-c7ccccc7)nc6)c5)c5ccccc45)cccc23)cc1. The Bertz CT molecular complexity index is 2580. The van der Waals surface area contributed by atoms with Gasteiger partial charge in [-0.05, 0) is 90.3 Å². The predicted octanol–water partition coefficient (Wildman–Crippen LogP) is 13.2. The first-order valence-electron chi connectivity index (χ1n) is 16.9. The van der Waals surface area contributed by atoms with Gasteiger partial charge in [0.15, 0.2) is 0 Å². The first-order chi connectivity index (χ1) is 24.2. The lowest BCUT2D eigenvalue weighted by Crippen LogP contribution is -1.92. The topological polar surface area (TPSA) is 12.9 Å². The lowest BCUT2D eigenvalue weighted by molar-refractivity contribution is 1.33. The van der Waals surface area contributed by atoms with E-state index in [4.69, 9.17) is 4.98 Å². The van der Waals surface area contributed by atoms with Crippen LogP contribution in [-0.2, 0) is 0 Å². The second-order valence-corrected chi connectivity index (χ2v) is 12.8. The Morgan fingerprint density at radius 2 is 0.837 bits per heavy atom. The molecule has 230 valence electrons. The Morgan fingerprint density at radius 3 is 1.49 bits per heavy atom. The molecule has 1 nitrogen and oxygen atoms in total. The van der Waals surface area contributed by atoms with Gasteiger partial charge in [0.2, 0.25) is 0 Å². The minimum absolute atomic E-state index is 0.979. The lowest BCUT2D eigenvalue weighted by Gasteiger charge is -2.19. The maximum absolute atomic E-state index is 4.83. The second kappa shape index (κ2) is 12.0. The first kappa shape index (κ1) is 28.9. The molecule has 0 fully saturated rings. The van der Waals surface area contributed by atoms with Crippen molar-refractivity contribution in [2.75, 3.05) is 0 Å². The van der Waals surface area contributed by atoms with Crippen LogP contribution in [0.5, 0.6) is 0 Å². The predicted molar refractivity (Wildman–Crippen MR) is 209 cm³/mol. The molecule has 0 bridgehead atoms. The largest absolute Gasteiger partial charge is 0.256 e. The van der Waals surface area contributed by atoms with Crippen LogP contribution in [0.3, 0.4) is 0 Å². The van der Waals surface area contributed by atoms with Gasteiger partial charge < -0.3 is 0 Å². The first-order valence-corrected chi connectivity index (χ1v) is 16.9. The molecule has 0 saturated heterocycles. The van der Waals surface area contributed by atoms with Crippen LogP contribution in [0.1, 0.15) is 5.56 Å². The van der Waals surface area contributed by atoms with Crippen LogP contribution in [-0.4, -0.2) is 4.98 Å². The van der Waals surface area contributed by atoms with Crippen molar-refractivity contribution < 1.29 is 0 Å². The van der Waals surface area contributed by atoms with E-state index in [-0.39, 0.29) is 0 Å². The normalized spacial score (nSPS) is 11.4. The number of aromatic nitrogens is 1. The van der Waals surface area contributed by atoms with Gasteiger partial charge in [0.25, 0.3) is 0 Å². The van der Waals surface area contributed by atoms with E-state index in [1.807, 2.05) is 12.3 Å². The fourth-order valence-corrected chi connectivity index (χ4v) is 7.44. The van der Waals surface area contributed by atoms with E-state index < -0.39 is 0 Å². The molecule has 0 atom stereocenters. The maximum Gasteiger partial charge on any atom is 0.0702 e. The zero-order valence-electron chi connectivity index (χ0n) is 27.3. The molecule has 0 radical (unpaired) electrons. The van der Waals surface area contributed by atoms with Crippen LogP contribution < -0.4 is 0 Å². The quantitative estimate of drug-likeness (QED) is 0.174. The molecule has 0 unspecified atom stereocenters. The summed E-state index contributed by atoms with van der Waals surface area (Å²) < 4.78 is 0. The molecule has 8 aromatic carbocycles. The molecular weight excluding hydrogens is 591 g/mol. The van der Waals surface area contributed by atoms with Gasteiger partial charge >= 0.3 is 0 Å². The molecule has 9 rings (SSSR count). The highest BCUT2D eigenvalue weighted by molar-refractivity contribution is 6.24. The highest BCUT2D eigenvalue weighted by atomic mass is 14.7. The molecule has 0 saturated carbocycles. The standard InChI is InChI=1S/C48H33N/c1-32-24-26-33(27-25-32)38-20-10-22-40-39(38)21-11-23-41(40)48-44-18-7-5-16-42(44)47(43-17-6-8-19-45(43)48)36-15-9-14-35(30-36)37-28-29-46(49-31-37)34-12-3-2-4-13-34/h2-31H,1H3. The van der Waals surface area contributed by atoms with Crippen LogP contribution in [0.25, 0.3) is 88.1 Å². The van der Waals surface area contributed by atoms with E-state index in [2.05, 4.69) is 177 Å². The smallest absolute Gasteiger partial charge is 0.0702 e. The third-order valence-electron chi connectivity index (χ3n) is 9.80. The van der Waals surface area contributed by atoms with Crippen LogP contribution in [0.4, 0.5) is 0 Å². The van der Waals surface area contributed by atoms with Crippen molar-refractivity contribution in [3.05, 3.63) is 188 Å². The van der Waals surface area contributed by atoms with E-state index >= 15 is 0 Å². The maximum atomic E-state index is 4.83. The number of hydrogen-bond acceptors (Lipinski definition) is 1. The van der Waals surface area contributed by atoms with E-state index in [0.29, 0.717) is 0 Å². The van der Waals surface area contributed by atoms with Gasteiger partial charge in [-0.25, -0.2) is 0 Å². The Hall–Kier alpha value is -6.31. The number of aryl methyl sites for hydroxylation is 1. The van der Waals surface area contributed by atoms with E-state index in [1.54, 1.807) is 0 Å².